The van der Waals surface area contributed by atoms with E-state index < -0.39 is 58.6 Å². The van der Waals surface area contributed by atoms with Gasteiger partial charge in [-0.25, -0.2) is 23.5 Å². The van der Waals surface area contributed by atoms with Crippen LogP contribution in [0.1, 0.15) is 94.6 Å². The second-order valence-corrected chi connectivity index (χ2v) is 22.7. The summed E-state index contributed by atoms with van der Waals surface area (Å²) >= 11 is 1.58. The number of halogens is 6. The van der Waals surface area contributed by atoms with Gasteiger partial charge in [-0.3, -0.25) is 24.0 Å². The van der Waals surface area contributed by atoms with Crippen LogP contribution in [0.15, 0.2) is 77.5 Å². The molecule has 3 aliphatic heterocycles. The third-order valence-electron chi connectivity index (χ3n) is 13.8. The van der Waals surface area contributed by atoms with Crippen LogP contribution in [0.4, 0.5) is 32.3 Å². The van der Waals surface area contributed by atoms with Gasteiger partial charge in [0.2, 0.25) is 23.7 Å². The number of nitrogens with one attached hydrogen (secondary N) is 3. The van der Waals surface area contributed by atoms with E-state index in [0.29, 0.717) is 93.6 Å². The lowest BCUT2D eigenvalue weighted by atomic mass is 9.84. The van der Waals surface area contributed by atoms with Crippen LogP contribution >= 0.6 is 11.3 Å². The number of aryl methyl sites for hydroxylation is 1. The highest BCUT2D eigenvalue weighted by Gasteiger charge is 2.43. The minimum atomic E-state index is -4.87. The maximum Gasteiger partial charge on any atom is 0.419 e. The molecule has 3 saturated heterocycles. The predicted octanol–water partition coefficient (Wildman–Crippen LogP) is 8.56. The molecule has 3 aliphatic rings. The van der Waals surface area contributed by atoms with Crippen LogP contribution in [0.5, 0.6) is 0 Å². The Labute approximate surface area is 432 Å². The monoisotopic (exact) mass is 1070 g/mol. The molecule has 2 aromatic carbocycles. The molecule has 0 bridgehead atoms. The van der Waals surface area contributed by atoms with Crippen molar-refractivity contribution in [3.63, 3.8) is 0 Å². The van der Waals surface area contributed by atoms with E-state index in [2.05, 4.69) is 40.9 Å². The van der Waals surface area contributed by atoms with Crippen LogP contribution < -0.4 is 16.0 Å². The lowest BCUT2D eigenvalue weighted by Crippen LogP contribution is -2.58. The summed E-state index contributed by atoms with van der Waals surface area (Å²) in [5.41, 5.74) is 3.07. The smallest absolute Gasteiger partial charge is 0.351 e. The quantitative estimate of drug-likeness (QED) is 0.0864. The number of likely N-dealkylation sites (tertiary alicyclic amines) is 2. The number of alkyl halides is 6. The first-order chi connectivity index (χ1) is 35.0. The number of rotatable bonds is 15. The van der Waals surface area contributed by atoms with Gasteiger partial charge in [-0.1, -0.05) is 57.2 Å². The Morgan fingerprint density at radius 2 is 1.57 bits per heavy atom. The average Bonchev–Trinajstić information content (AvgIpc) is 4.14. The van der Waals surface area contributed by atoms with Gasteiger partial charge in [-0.05, 0) is 99.7 Å². The van der Waals surface area contributed by atoms with Crippen molar-refractivity contribution in [2.24, 2.45) is 11.3 Å². The summed E-state index contributed by atoms with van der Waals surface area (Å²) in [5.74, 6) is -1.11. The van der Waals surface area contributed by atoms with Crippen LogP contribution in [0, 0.1) is 18.3 Å². The average molecular weight is 1070 g/mol. The van der Waals surface area contributed by atoms with Gasteiger partial charge in [-0.15, -0.1) is 11.3 Å². The van der Waals surface area contributed by atoms with Gasteiger partial charge < -0.3 is 20.9 Å². The molecule has 3 amide bonds. The van der Waals surface area contributed by atoms with Crippen molar-refractivity contribution in [3.05, 3.63) is 95.0 Å². The molecular formula is C51H61F6N11O4S2. The summed E-state index contributed by atoms with van der Waals surface area (Å²) in [6, 6.07) is 13.5. The minimum absolute atomic E-state index is 0.126. The van der Waals surface area contributed by atoms with Crippen LogP contribution in [0.25, 0.3) is 21.7 Å². The fraction of sp³-hybridized carbons (Fsp3) is 0.510. The number of anilines is 1. The number of carbonyl (C=O) groups excluding carboxylic acids is 3. The van der Waals surface area contributed by atoms with Crippen LogP contribution in [-0.2, 0) is 44.6 Å². The summed E-state index contributed by atoms with van der Waals surface area (Å²) < 4.78 is 96.6. The van der Waals surface area contributed by atoms with Crippen LogP contribution in [-0.4, -0.2) is 118 Å². The molecule has 3 fully saturated rings. The molecule has 0 aliphatic carbocycles. The van der Waals surface area contributed by atoms with Gasteiger partial charge in [0.05, 0.1) is 38.9 Å². The number of thiazole rings is 1. The first-order valence-corrected chi connectivity index (χ1v) is 26.7. The minimum Gasteiger partial charge on any atom is -0.351 e. The number of aromatic nitrogens is 5. The molecule has 3 aromatic heterocycles. The van der Waals surface area contributed by atoms with Crippen molar-refractivity contribution in [1.82, 2.24) is 49.5 Å². The summed E-state index contributed by atoms with van der Waals surface area (Å²) in [5, 5.41) is 12.8. The zero-order chi connectivity index (χ0) is 53.1. The fourth-order valence-corrected chi connectivity index (χ4v) is 11.9. The topological polar surface area (TPSA) is 171 Å². The zero-order valence-corrected chi connectivity index (χ0v) is 43.4. The number of nitrogens with zero attached hydrogens (tertiary/aromatic N) is 8. The lowest BCUT2D eigenvalue weighted by molar-refractivity contribution is -0.144. The molecule has 8 rings (SSSR count). The summed E-state index contributed by atoms with van der Waals surface area (Å²) in [4.78, 5) is 59.8. The lowest BCUT2D eigenvalue weighted by Gasteiger charge is -2.37. The van der Waals surface area contributed by atoms with Crippen molar-refractivity contribution in [2.45, 2.75) is 128 Å². The largest absolute Gasteiger partial charge is 0.419 e. The van der Waals surface area contributed by atoms with Crippen molar-refractivity contribution < 1.29 is 44.9 Å². The molecular weight excluding hydrogens is 1010 g/mol. The van der Waals surface area contributed by atoms with Crippen molar-refractivity contribution >= 4 is 46.0 Å². The second-order valence-electron chi connectivity index (χ2n) is 20.4. The molecule has 0 saturated carbocycles. The standard InChI is InChI=1S/C51H61F6N11O4S2/c1-31(34-11-13-35(14-12-34)43-32(2)59-30-73-43)61-46(70)41-10-7-19-68(41)47(71)44(49(3,4)5)64-45(69)36-15-20-65(21-16-36)27-33-8-6-9-39(24-33)74(72)67-22-17-38(18-23-67)62-48-58-26-40(51(55,56)57)42(63-48)37-25-60-66(28-37)29-50(52,53)54/h6,8-9,11-14,24-26,28,30-31,36,38,41,44H,7,10,15-23,27,29H2,1-5H3,(H,61,70)(H,64,69)(H,58,62,63). The van der Waals surface area contributed by atoms with Crippen LogP contribution in [0.2, 0.25) is 0 Å². The maximum atomic E-state index is 14.3. The molecule has 4 atom stereocenters. The highest BCUT2D eigenvalue weighted by Crippen LogP contribution is 2.37. The molecule has 23 heteroatoms. The molecule has 0 radical (unpaired) electrons. The SMILES string of the molecule is Cc1ncsc1-c1ccc(C(C)NC(=O)C2CCCN2C(=O)C(NC(=O)C2CCN(Cc3cccc(S(=O)N4CCC(Nc5ncc(C(F)(F)F)c(-c6cnn(CC(F)(F)F)c6)n5)CC4)c3)CC2)C(C)(C)C)cc1. The number of benzene rings is 2. The molecule has 398 valence electrons. The second kappa shape index (κ2) is 22.6. The molecule has 15 nitrogen and oxygen atoms in total. The van der Waals surface area contributed by atoms with E-state index in [-0.39, 0.29) is 47.2 Å². The predicted molar refractivity (Wildman–Crippen MR) is 268 cm³/mol. The Hall–Kier alpha value is -5.78. The third kappa shape index (κ3) is 13.4. The van der Waals surface area contributed by atoms with Crippen molar-refractivity contribution in [3.8, 4) is 21.7 Å². The molecule has 5 aromatic rings. The van der Waals surface area contributed by atoms with E-state index in [1.165, 1.54) is 0 Å². The molecule has 74 heavy (non-hydrogen) atoms. The van der Waals surface area contributed by atoms with E-state index in [0.717, 1.165) is 39.7 Å². The summed E-state index contributed by atoms with van der Waals surface area (Å²) in [6.07, 6.45) is -3.85. The number of piperidine rings is 2. The Bertz CT molecular complexity index is 2800. The van der Waals surface area contributed by atoms with Gasteiger partial charge in [-0.2, -0.15) is 31.4 Å². The van der Waals surface area contributed by atoms with Gasteiger partial charge in [0.1, 0.15) is 35.2 Å². The number of amides is 3. The van der Waals surface area contributed by atoms with Gasteiger partial charge in [0.25, 0.3) is 0 Å². The Balaban J connectivity index is 0.804. The Morgan fingerprint density at radius 3 is 2.22 bits per heavy atom. The Kier molecular flexibility index (Phi) is 16.6. The maximum absolute atomic E-state index is 14.3. The summed E-state index contributed by atoms with van der Waals surface area (Å²) in [6.45, 7) is 11.2. The van der Waals surface area contributed by atoms with Crippen molar-refractivity contribution in [2.75, 3.05) is 38.0 Å². The highest BCUT2D eigenvalue weighted by atomic mass is 32.2. The summed E-state index contributed by atoms with van der Waals surface area (Å²) in [7, 11) is -1.51. The van der Waals surface area contributed by atoms with Gasteiger partial charge in [0.15, 0.2) is 0 Å². The fourth-order valence-electron chi connectivity index (χ4n) is 9.77. The highest BCUT2D eigenvalue weighted by molar-refractivity contribution is 7.82. The first-order valence-electron chi connectivity index (χ1n) is 24.7. The number of hydrogen-bond acceptors (Lipinski definition) is 11. The molecule has 3 N–H and O–H groups in total. The van der Waals surface area contributed by atoms with Crippen LogP contribution in [0.3, 0.4) is 0 Å². The normalized spacial score (nSPS) is 19.0. The van der Waals surface area contributed by atoms with E-state index in [9.17, 15) is 44.9 Å². The molecule has 6 heterocycles. The first kappa shape index (κ1) is 54.5. The number of hydrogen-bond donors (Lipinski definition) is 3. The molecule has 0 spiro atoms. The van der Waals surface area contributed by atoms with E-state index in [4.69, 9.17) is 0 Å². The van der Waals surface area contributed by atoms with Gasteiger partial charge >= 0.3 is 12.4 Å². The van der Waals surface area contributed by atoms with E-state index >= 15 is 0 Å². The Morgan fingerprint density at radius 1 is 0.851 bits per heavy atom. The third-order valence-corrected chi connectivity index (χ3v) is 16.3. The van der Waals surface area contributed by atoms with Gasteiger partial charge in [0, 0.05) is 56.1 Å². The van der Waals surface area contributed by atoms with E-state index in [1.807, 2.05) is 86.9 Å². The van der Waals surface area contributed by atoms with E-state index in [1.54, 1.807) is 22.3 Å². The number of carbonyl (C=O) groups is 3. The molecule has 4 unspecified atom stereocenters. The zero-order valence-electron chi connectivity index (χ0n) is 41.8. The van der Waals surface area contributed by atoms with Crippen molar-refractivity contribution in [1.29, 1.82) is 0 Å².